The molecule has 1 saturated carbocycles. The summed E-state index contributed by atoms with van der Waals surface area (Å²) in [6.45, 7) is 0. The summed E-state index contributed by atoms with van der Waals surface area (Å²) in [5.41, 5.74) is 0. The standard InChI is InChI=1S/C12H19NO3S2/c14-11(6-8-7-17-4-5-18-8)13-10-3-1-2-9(10)12(15)16/h8-10H,1-7H2,(H,13,14)(H,15,16)/t8?,9-,10+/m1/s1. The molecule has 0 bridgehead atoms. The van der Waals surface area contributed by atoms with Gasteiger partial charge in [-0.15, -0.1) is 0 Å². The van der Waals surface area contributed by atoms with Gasteiger partial charge in [0.05, 0.1) is 5.92 Å². The SMILES string of the molecule is O=C(CC1CSCCS1)N[C@H]1CCC[C@H]1C(=O)O. The number of aliphatic carboxylic acids is 1. The van der Waals surface area contributed by atoms with E-state index in [2.05, 4.69) is 5.32 Å². The lowest BCUT2D eigenvalue weighted by Gasteiger charge is -2.22. The summed E-state index contributed by atoms with van der Waals surface area (Å²) in [4.78, 5) is 22.9. The molecule has 6 heteroatoms. The lowest BCUT2D eigenvalue weighted by Crippen LogP contribution is -2.41. The molecule has 0 aromatic heterocycles. The largest absolute Gasteiger partial charge is 0.481 e. The van der Waals surface area contributed by atoms with E-state index in [0.29, 0.717) is 18.1 Å². The van der Waals surface area contributed by atoms with Crippen LogP contribution in [0.15, 0.2) is 0 Å². The number of amides is 1. The maximum absolute atomic E-state index is 11.9. The van der Waals surface area contributed by atoms with Gasteiger partial charge in [0, 0.05) is 35.0 Å². The Hall–Kier alpha value is -0.360. The van der Waals surface area contributed by atoms with Crippen LogP contribution in [0.5, 0.6) is 0 Å². The van der Waals surface area contributed by atoms with E-state index < -0.39 is 5.97 Å². The minimum atomic E-state index is -0.777. The quantitative estimate of drug-likeness (QED) is 0.823. The molecule has 2 fully saturated rings. The molecule has 1 aliphatic carbocycles. The van der Waals surface area contributed by atoms with E-state index in [1.165, 1.54) is 5.75 Å². The molecule has 1 amide bonds. The van der Waals surface area contributed by atoms with Crippen LogP contribution in [0.3, 0.4) is 0 Å². The molecule has 0 radical (unpaired) electrons. The van der Waals surface area contributed by atoms with Crippen LogP contribution in [-0.2, 0) is 9.59 Å². The predicted octanol–water partition coefficient (Wildman–Crippen LogP) is 1.59. The highest BCUT2D eigenvalue weighted by Gasteiger charge is 2.34. The summed E-state index contributed by atoms with van der Waals surface area (Å²) in [5.74, 6) is 2.18. The fraction of sp³-hybridized carbons (Fsp3) is 0.833. The van der Waals surface area contributed by atoms with Crippen molar-refractivity contribution in [1.82, 2.24) is 5.32 Å². The molecule has 3 atom stereocenters. The summed E-state index contributed by atoms with van der Waals surface area (Å²) in [6, 6.07) is -0.156. The number of hydrogen-bond donors (Lipinski definition) is 2. The van der Waals surface area contributed by atoms with E-state index in [0.717, 1.165) is 24.3 Å². The molecule has 0 spiro atoms. The number of carboxylic acids is 1. The summed E-state index contributed by atoms with van der Waals surface area (Å²) in [7, 11) is 0. The van der Waals surface area contributed by atoms with Crippen LogP contribution in [0, 0.1) is 5.92 Å². The van der Waals surface area contributed by atoms with Gasteiger partial charge in [-0.1, -0.05) is 6.42 Å². The molecule has 0 aromatic rings. The summed E-state index contributed by atoms with van der Waals surface area (Å²) >= 11 is 3.76. The number of thioether (sulfide) groups is 2. The Bertz CT molecular complexity index is 318. The third-order valence-electron chi connectivity index (χ3n) is 3.48. The third-order valence-corrected chi connectivity index (χ3v) is 6.32. The smallest absolute Gasteiger partial charge is 0.308 e. The van der Waals surface area contributed by atoms with E-state index in [9.17, 15) is 9.59 Å². The van der Waals surface area contributed by atoms with Gasteiger partial charge < -0.3 is 10.4 Å². The van der Waals surface area contributed by atoms with Crippen molar-refractivity contribution in [3.05, 3.63) is 0 Å². The zero-order valence-electron chi connectivity index (χ0n) is 10.3. The predicted molar refractivity (Wildman–Crippen MR) is 75.1 cm³/mol. The van der Waals surface area contributed by atoms with Crippen molar-refractivity contribution in [2.75, 3.05) is 17.3 Å². The maximum Gasteiger partial charge on any atom is 0.308 e. The van der Waals surface area contributed by atoms with Crippen LogP contribution in [0.1, 0.15) is 25.7 Å². The van der Waals surface area contributed by atoms with Gasteiger partial charge in [0.25, 0.3) is 0 Å². The molecule has 1 heterocycles. The maximum atomic E-state index is 11.9. The van der Waals surface area contributed by atoms with Gasteiger partial charge in [0.2, 0.25) is 5.91 Å². The first-order valence-corrected chi connectivity index (χ1v) is 8.58. The molecule has 1 unspecified atom stereocenters. The van der Waals surface area contributed by atoms with Gasteiger partial charge in [-0.25, -0.2) is 0 Å². The number of nitrogens with one attached hydrogen (secondary N) is 1. The second-order valence-electron chi connectivity index (χ2n) is 4.82. The number of hydrogen-bond acceptors (Lipinski definition) is 4. The Morgan fingerprint density at radius 2 is 2.11 bits per heavy atom. The number of carboxylic acid groups (broad SMARTS) is 1. The topological polar surface area (TPSA) is 66.4 Å². The van der Waals surface area contributed by atoms with Crippen molar-refractivity contribution in [3.63, 3.8) is 0 Å². The minimum absolute atomic E-state index is 0.0214. The molecule has 2 aliphatic rings. The van der Waals surface area contributed by atoms with Gasteiger partial charge in [0.15, 0.2) is 0 Å². The lowest BCUT2D eigenvalue weighted by atomic mass is 10.0. The zero-order chi connectivity index (χ0) is 13.0. The highest BCUT2D eigenvalue weighted by atomic mass is 32.2. The molecular weight excluding hydrogens is 270 g/mol. The van der Waals surface area contributed by atoms with Crippen LogP contribution in [-0.4, -0.2) is 45.5 Å². The molecule has 0 aromatic carbocycles. The molecule has 18 heavy (non-hydrogen) atoms. The van der Waals surface area contributed by atoms with E-state index in [-0.39, 0.29) is 17.9 Å². The fourth-order valence-electron chi connectivity index (χ4n) is 2.56. The summed E-state index contributed by atoms with van der Waals surface area (Å²) < 4.78 is 0. The first-order valence-electron chi connectivity index (χ1n) is 6.38. The Morgan fingerprint density at radius 1 is 1.28 bits per heavy atom. The van der Waals surface area contributed by atoms with Crippen molar-refractivity contribution in [2.45, 2.75) is 37.0 Å². The number of carbonyl (C=O) groups excluding carboxylic acids is 1. The van der Waals surface area contributed by atoms with Gasteiger partial charge in [-0.2, -0.15) is 23.5 Å². The van der Waals surface area contributed by atoms with Crippen molar-refractivity contribution < 1.29 is 14.7 Å². The molecule has 1 saturated heterocycles. The molecule has 102 valence electrons. The van der Waals surface area contributed by atoms with Crippen molar-refractivity contribution >= 4 is 35.4 Å². The fourth-order valence-corrected chi connectivity index (χ4v) is 5.24. The Morgan fingerprint density at radius 3 is 2.78 bits per heavy atom. The van der Waals surface area contributed by atoms with Crippen LogP contribution < -0.4 is 5.32 Å². The Balaban J connectivity index is 1.77. The van der Waals surface area contributed by atoms with E-state index in [1.807, 2.05) is 23.5 Å². The second-order valence-corrected chi connectivity index (χ2v) is 7.38. The van der Waals surface area contributed by atoms with Crippen LogP contribution in [0.4, 0.5) is 0 Å². The van der Waals surface area contributed by atoms with Crippen molar-refractivity contribution in [2.24, 2.45) is 5.92 Å². The normalized spacial score (nSPS) is 32.1. The average Bonchev–Trinajstić information content (AvgIpc) is 2.78. The Labute approximate surface area is 116 Å². The van der Waals surface area contributed by atoms with Gasteiger partial charge in [-0.05, 0) is 12.8 Å². The van der Waals surface area contributed by atoms with Gasteiger partial charge in [-0.3, -0.25) is 9.59 Å². The first kappa shape index (κ1) is 14.1. The third kappa shape index (κ3) is 3.82. The van der Waals surface area contributed by atoms with Crippen LogP contribution >= 0.6 is 23.5 Å². The van der Waals surface area contributed by atoms with E-state index in [4.69, 9.17) is 5.11 Å². The van der Waals surface area contributed by atoms with Crippen molar-refractivity contribution in [1.29, 1.82) is 0 Å². The summed E-state index contributed by atoms with van der Waals surface area (Å²) in [5, 5.41) is 12.4. The molecule has 1 aliphatic heterocycles. The second kappa shape index (κ2) is 6.70. The van der Waals surface area contributed by atoms with E-state index >= 15 is 0 Å². The van der Waals surface area contributed by atoms with E-state index in [1.54, 1.807) is 0 Å². The van der Waals surface area contributed by atoms with Crippen molar-refractivity contribution in [3.8, 4) is 0 Å². The molecule has 2 N–H and O–H groups in total. The summed E-state index contributed by atoms with van der Waals surface area (Å²) in [6.07, 6.45) is 2.92. The average molecular weight is 289 g/mol. The van der Waals surface area contributed by atoms with Crippen LogP contribution in [0.2, 0.25) is 0 Å². The van der Waals surface area contributed by atoms with Crippen LogP contribution in [0.25, 0.3) is 0 Å². The van der Waals surface area contributed by atoms with Gasteiger partial charge in [0.1, 0.15) is 0 Å². The first-order chi connectivity index (χ1) is 8.66. The number of rotatable bonds is 4. The highest BCUT2D eigenvalue weighted by Crippen LogP contribution is 2.28. The highest BCUT2D eigenvalue weighted by molar-refractivity contribution is 8.06. The zero-order valence-corrected chi connectivity index (χ0v) is 11.9. The Kier molecular flexibility index (Phi) is 5.24. The lowest BCUT2D eigenvalue weighted by molar-refractivity contribution is -0.142. The van der Waals surface area contributed by atoms with Gasteiger partial charge >= 0.3 is 5.97 Å². The monoisotopic (exact) mass is 289 g/mol. The molecule has 2 rings (SSSR count). The molecule has 4 nitrogen and oxygen atoms in total. The number of carbonyl (C=O) groups is 2. The molecular formula is C12H19NO3S2. The minimum Gasteiger partial charge on any atom is -0.481 e.